The van der Waals surface area contributed by atoms with Gasteiger partial charge in [-0.1, -0.05) is 36.4 Å². The lowest BCUT2D eigenvalue weighted by atomic mass is 9.99. The Morgan fingerprint density at radius 2 is 2.00 bits per heavy atom. The number of benzene rings is 1. The van der Waals surface area contributed by atoms with Crippen LogP contribution in [0, 0.1) is 0 Å². The molecule has 1 amide bonds. The Balaban J connectivity index is 1.83. The molecule has 1 unspecified atom stereocenters. The van der Waals surface area contributed by atoms with Crippen LogP contribution in [-0.4, -0.2) is 47.9 Å². The van der Waals surface area contributed by atoms with E-state index in [1.807, 2.05) is 6.08 Å². The van der Waals surface area contributed by atoms with Crippen LogP contribution in [0.5, 0.6) is 0 Å². The van der Waals surface area contributed by atoms with E-state index in [0.717, 1.165) is 17.7 Å². The van der Waals surface area contributed by atoms with Gasteiger partial charge in [0.15, 0.2) is 6.10 Å². The Morgan fingerprint density at radius 3 is 2.58 bits per heavy atom. The van der Waals surface area contributed by atoms with Gasteiger partial charge in [-0.2, -0.15) is 13.2 Å². The van der Waals surface area contributed by atoms with E-state index in [4.69, 9.17) is 9.47 Å². The largest absolute Gasteiger partial charge is 0.479 e. The third-order valence-electron chi connectivity index (χ3n) is 5.15. The molecule has 0 heterocycles. The molecule has 1 aliphatic rings. The van der Waals surface area contributed by atoms with E-state index in [0.29, 0.717) is 18.6 Å². The average molecular weight is 470 g/mol. The quantitative estimate of drug-likeness (QED) is 0.505. The molecule has 1 aliphatic carbocycles. The predicted octanol–water partition coefficient (Wildman–Crippen LogP) is 4.29. The molecule has 182 valence electrons. The molecule has 6 nitrogen and oxygen atoms in total. The summed E-state index contributed by atoms with van der Waals surface area (Å²) < 4.78 is 49.6. The molecular weight excluding hydrogens is 439 g/mol. The number of ether oxygens (including phenoxy) is 2. The number of allylic oxidation sites excluding steroid dienone is 1. The smallest absolute Gasteiger partial charge is 0.416 e. The van der Waals surface area contributed by atoms with Crippen molar-refractivity contribution in [3.8, 4) is 0 Å². The van der Waals surface area contributed by atoms with Crippen molar-refractivity contribution in [1.29, 1.82) is 0 Å². The van der Waals surface area contributed by atoms with Crippen molar-refractivity contribution in [2.75, 3.05) is 13.2 Å². The molecule has 0 radical (unpaired) electrons. The standard InChI is InChI=1S/C24H30F3NO5/c1-4-32-20(21(29)30)15-17-8-10-19(11-9-17)33-23(2,3)22(31)28-13-12-16-6-5-7-18(14-16)24(25,26)27/h5-10,14,19-20H,4,11-13,15H2,1-3H3,(H,28,31)(H,29,30)/t19?,20-/m0/s1. The lowest BCUT2D eigenvalue weighted by molar-refractivity contribution is -0.150. The highest BCUT2D eigenvalue weighted by Crippen LogP contribution is 2.29. The molecule has 9 heteroatoms. The van der Waals surface area contributed by atoms with Gasteiger partial charge in [0.1, 0.15) is 5.60 Å². The van der Waals surface area contributed by atoms with E-state index in [1.165, 1.54) is 6.07 Å². The molecule has 1 aromatic carbocycles. The SMILES string of the molecule is CCO[C@@H](CC1=CCC(OC(C)(C)C(=O)NCCc2cccc(C(F)(F)F)c2)C=C1)C(=O)O. The topological polar surface area (TPSA) is 84.9 Å². The van der Waals surface area contributed by atoms with Crippen molar-refractivity contribution >= 4 is 11.9 Å². The molecule has 2 atom stereocenters. The second-order valence-electron chi connectivity index (χ2n) is 8.23. The van der Waals surface area contributed by atoms with Gasteiger partial charge in [-0.25, -0.2) is 4.79 Å². The van der Waals surface area contributed by atoms with Crippen molar-refractivity contribution in [1.82, 2.24) is 5.32 Å². The molecule has 2 N–H and O–H groups in total. The van der Waals surface area contributed by atoms with Gasteiger partial charge in [-0.15, -0.1) is 0 Å². The number of rotatable bonds is 11. The lowest BCUT2D eigenvalue weighted by Gasteiger charge is -2.29. The molecular formula is C24H30F3NO5. The van der Waals surface area contributed by atoms with E-state index in [-0.39, 0.29) is 31.4 Å². The monoisotopic (exact) mass is 469 g/mol. The number of alkyl halides is 3. The average Bonchev–Trinajstić information content (AvgIpc) is 2.74. The number of halogens is 3. The number of nitrogens with one attached hydrogen (secondary N) is 1. The first-order valence-corrected chi connectivity index (χ1v) is 10.8. The first-order chi connectivity index (χ1) is 15.4. The van der Waals surface area contributed by atoms with Crippen LogP contribution in [0.1, 0.15) is 44.7 Å². The van der Waals surface area contributed by atoms with Crippen LogP contribution < -0.4 is 5.32 Å². The van der Waals surface area contributed by atoms with Gasteiger partial charge in [0.25, 0.3) is 5.91 Å². The van der Waals surface area contributed by atoms with Crippen LogP contribution in [0.15, 0.2) is 48.1 Å². The van der Waals surface area contributed by atoms with Gasteiger partial charge in [0.05, 0.1) is 11.7 Å². The Morgan fingerprint density at radius 1 is 1.27 bits per heavy atom. The fourth-order valence-corrected chi connectivity index (χ4v) is 3.38. The number of carboxylic acids is 1. The highest BCUT2D eigenvalue weighted by atomic mass is 19.4. The number of hydrogen-bond donors (Lipinski definition) is 2. The summed E-state index contributed by atoms with van der Waals surface area (Å²) in [7, 11) is 0. The number of carbonyl (C=O) groups excluding carboxylic acids is 1. The van der Waals surface area contributed by atoms with Gasteiger partial charge in [0.2, 0.25) is 0 Å². The number of amides is 1. The van der Waals surface area contributed by atoms with Crippen LogP contribution in [0.2, 0.25) is 0 Å². The summed E-state index contributed by atoms with van der Waals surface area (Å²) in [6, 6.07) is 5.01. The van der Waals surface area contributed by atoms with E-state index in [1.54, 1.807) is 39.0 Å². The lowest BCUT2D eigenvalue weighted by Crippen LogP contribution is -2.46. The predicted molar refractivity (Wildman–Crippen MR) is 117 cm³/mol. The summed E-state index contributed by atoms with van der Waals surface area (Å²) in [5.74, 6) is -1.40. The Kier molecular flexibility index (Phi) is 9.25. The summed E-state index contributed by atoms with van der Waals surface area (Å²) in [5, 5.41) is 11.9. The third-order valence-corrected chi connectivity index (χ3v) is 5.15. The van der Waals surface area contributed by atoms with Crippen LogP contribution in [0.25, 0.3) is 0 Å². The second-order valence-corrected chi connectivity index (χ2v) is 8.23. The zero-order valence-corrected chi connectivity index (χ0v) is 18.9. The second kappa shape index (κ2) is 11.5. The maximum absolute atomic E-state index is 12.8. The first kappa shape index (κ1) is 26.6. The van der Waals surface area contributed by atoms with Gasteiger partial charge in [-0.05, 0) is 50.8 Å². The van der Waals surface area contributed by atoms with Crippen LogP contribution in [-0.2, 0) is 31.7 Å². The van der Waals surface area contributed by atoms with Crippen molar-refractivity contribution < 1.29 is 37.3 Å². The maximum atomic E-state index is 12.8. The van der Waals surface area contributed by atoms with Gasteiger partial charge >= 0.3 is 12.1 Å². The van der Waals surface area contributed by atoms with E-state index >= 15 is 0 Å². The minimum atomic E-state index is -4.41. The molecule has 2 rings (SSSR count). The summed E-state index contributed by atoms with van der Waals surface area (Å²) in [4.78, 5) is 23.8. The van der Waals surface area contributed by atoms with Crippen LogP contribution in [0.4, 0.5) is 13.2 Å². The fourth-order valence-electron chi connectivity index (χ4n) is 3.38. The minimum Gasteiger partial charge on any atom is -0.479 e. The normalized spacial score (nSPS) is 17.4. The molecule has 0 bridgehead atoms. The summed E-state index contributed by atoms with van der Waals surface area (Å²) in [6.45, 7) is 5.45. The van der Waals surface area contributed by atoms with E-state index < -0.39 is 29.4 Å². The number of aliphatic carboxylic acids is 1. The van der Waals surface area contributed by atoms with E-state index in [9.17, 15) is 27.9 Å². The molecule has 33 heavy (non-hydrogen) atoms. The van der Waals surface area contributed by atoms with Crippen LogP contribution >= 0.6 is 0 Å². The number of hydrogen-bond acceptors (Lipinski definition) is 4. The molecule has 1 aromatic rings. The van der Waals surface area contributed by atoms with Crippen LogP contribution in [0.3, 0.4) is 0 Å². The third kappa shape index (κ3) is 8.33. The van der Waals surface area contributed by atoms with Crippen molar-refractivity contribution in [2.45, 2.75) is 64.0 Å². The number of carboxylic acid groups (broad SMARTS) is 1. The van der Waals surface area contributed by atoms with Crippen molar-refractivity contribution in [2.24, 2.45) is 0 Å². The minimum absolute atomic E-state index is 0.172. The zero-order chi connectivity index (χ0) is 24.6. The summed E-state index contributed by atoms with van der Waals surface area (Å²) in [6.07, 6.45) is 0.692. The Labute approximate surface area is 191 Å². The fraction of sp³-hybridized carbons (Fsp3) is 0.500. The van der Waals surface area contributed by atoms with E-state index in [2.05, 4.69) is 5.32 Å². The number of carbonyl (C=O) groups is 2. The maximum Gasteiger partial charge on any atom is 0.416 e. The molecule has 0 spiro atoms. The molecule has 0 saturated heterocycles. The molecule has 0 saturated carbocycles. The van der Waals surface area contributed by atoms with Crippen molar-refractivity contribution in [3.05, 3.63) is 59.2 Å². The van der Waals surface area contributed by atoms with Crippen molar-refractivity contribution in [3.63, 3.8) is 0 Å². The van der Waals surface area contributed by atoms with Gasteiger partial charge in [0, 0.05) is 19.6 Å². The van der Waals surface area contributed by atoms with Gasteiger partial charge in [-0.3, -0.25) is 4.79 Å². The van der Waals surface area contributed by atoms with Gasteiger partial charge < -0.3 is 19.9 Å². The summed E-state index contributed by atoms with van der Waals surface area (Å²) in [5.41, 5.74) is -0.590. The Hall–Kier alpha value is -2.65. The molecule has 0 fully saturated rings. The zero-order valence-electron chi connectivity index (χ0n) is 18.9. The highest BCUT2D eigenvalue weighted by Gasteiger charge is 2.32. The first-order valence-electron chi connectivity index (χ1n) is 10.8. The highest BCUT2D eigenvalue weighted by molar-refractivity contribution is 5.84. The summed E-state index contributed by atoms with van der Waals surface area (Å²) >= 11 is 0. The Bertz CT molecular complexity index is 892. The molecule has 0 aliphatic heterocycles. The molecule has 0 aromatic heterocycles.